The number of hydrogen-bond donors (Lipinski definition) is 3. The number of nitrogens with two attached hydrogens (primary N) is 1. The summed E-state index contributed by atoms with van der Waals surface area (Å²) < 4.78 is 13.6. The lowest BCUT2D eigenvalue weighted by Gasteiger charge is -2.38. The molecule has 0 bridgehead atoms. The minimum absolute atomic E-state index is 0.166. The van der Waals surface area contributed by atoms with Gasteiger partial charge in [0, 0.05) is 47.5 Å². The Labute approximate surface area is 221 Å². The van der Waals surface area contributed by atoms with Crippen LogP contribution < -0.4 is 5.73 Å². The molecule has 0 amide bonds. The predicted molar refractivity (Wildman–Crippen MR) is 153 cm³/mol. The van der Waals surface area contributed by atoms with Gasteiger partial charge in [0.2, 0.25) is 0 Å². The third kappa shape index (κ3) is 4.73. The fraction of sp³-hybridized carbons (Fsp3) is 0.167. The van der Waals surface area contributed by atoms with Crippen LogP contribution in [0.1, 0.15) is 29.3 Å². The van der Waals surface area contributed by atoms with Crippen molar-refractivity contribution in [2.45, 2.75) is 19.9 Å². The molecule has 8 heteroatoms. The van der Waals surface area contributed by atoms with Gasteiger partial charge in [-0.15, -0.1) is 0 Å². The summed E-state index contributed by atoms with van der Waals surface area (Å²) in [6.07, 6.45) is 9.15. The fourth-order valence-corrected chi connectivity index (χ4v) is 4.67. The summed E-state index contributed by atoms with van der Waals surface area (Å²) in [6, 6.07) is 10.7. The van der Waals surface area contributed by atoms with Crippen LogP contribution in [0, 0.1) is 12.7 Å². The second-order valence-electron chi connectivity index (χ2n) is 9.25. The number of nitrogens with zero attached hydrogens (tertiary/aromatic N) is 4. The van der Waals surface area contributed by atoms with Gasteiger partial charge >= 0.3 is 0 Å². The Morgan fingerprint density at radius 3 is 2.61 bits per heavy atom. The molecule has 1 aliphatic heterocycles. The van der Waals surface area contributed by atoms with Gasteiger partial charge in [0.05, 0.1) is 17.1 Å². The van der Waals surface area contributed by atoms with Crippen molar-refractivity contribution in [1.82, 2.24) is 25.1 Å². The number of pyridine rings is 1. The first-order chi connectivity index (χ1) is 18.4. The van der Waals surface area contributed by atoms with Crippen molar-refractivity contribution in [2.24, 2.45) is 10.7 Å². The highest BCUT2D eigenvalue weighted by Crippen LogP contribution is 2.33. The fourth-order valence-electron chi connectivity index (χ4n) is 4.67. The molecular formula is C30H30FN7. The molecule has 1 fully saturated rings. The Balaban J connectivity index is 1.53. The standard InChI is InChI=1S/C30H30FN7/c1-5-8-23(19-9-11-21(31)12-10-19)24-14-27(34-18(24)4)29-25-13-20(15-33-30(25)37-36-29)26(6-2)35-28(7-3)38-16-22(32)17-38/h5-15,22,34H,1,3,16-17,32H2,2,4H3,(H,33,36,37)/b23-8-,26-6-,35-28?. The number of aromatic nitrogens is 4. The molecule has 7 nitrogen and oxygen atoms in total. The Kier molecular flexibility index (Phi) is 6.89. The van der Waals surface area contributed by atoms with Crippen molar-refractivity contribution in [1.29, 1.82) is 0 Å². The van der Waals surface area contributed by atoms with Crippen LogP contribution >= 0.6 is 0 Å². The summed E-state index contributed by atoms with van der Waals surface area (Å²) in [7, 11) is 0. The number of aromatic amines is 2. The number of amidine groups is 1. The molecule has 0 unspecified atom stereocenters. The molecule has 0 spiro atoms. The van der Waals surface area contributed by atoms with E-state index in [0.717, 1.165) is 69.4 Å². The molecule has 0 atom stereocenters. The smallest absolute Gasteiger partial charge is 0.181 e. The van der Waals surface area contributed by atoms with Gasteiger partial charge in [-0.2, -0.15) is 5.10 Å². The summed E-state index contributed by atoms with van der Waals surface area (Å²) in [6.45, 7) is 13.3. The maximum absolute atomic E-state index is 13.6. The Hall–Kier alpha value is -4.56. The molecule has 3 aromatic heterocycles. The molecular weight excluding hydrogens is 477 g/mol. The van der Waals surface area contributed by atoms with Gasteiger partial charge in [-0.05, 0) is 55.3 Å². The number of fused-ring (bicyclic) bond motifs is 1. The van der Waals surface area contributed by atoms with Gasteiger partial charge in [0.15, 0.2) is 5.65 Å². The maximum Gasteiger partial charge on any atom is 0.181 e. The lowest BCUT2D eigenvalue weighted by molar-refractivity contribution is 0.256. The number of benzene rings is 1. The number of rotatable bonds is 7. The highest BCUT2D eigenvalue weighted by molar-refractivity contribution is 5.98. The van der Waals surface area contributed by atoms with Crippen molar-refractivity contribution < 1.29 is 4.39 Å². The van der Waals surface area contributed by atoms with E-state index >= 15 is 0 Å². The van der Waals surface area contributed by atoms with Gasteiger partial charge in [-0.3, -0.25) is 5.10 Å². The number of halogens is 1. The lowest BCUT2D eigenvalue weighted by Crippen LogP contribution is -2.57. The molecule has 1 aromatic carbocycles. The second kappa shape index (κ2) is 10.4. The van der Waals surface area contributed by atoms with E-state index in [9.17, 15) is 4.39 Å². The largest absolute Gasteiger partial charge is 0.357 e. The van der Waals surface area contributed by atoms with E-state index < -0.39 is 0 Å². The minimum atomic E-state index is -0.274. The summed E-state index contributed by atoms with van der Waals surface area (Å²) in [5, 5.41) is 8.43. The molecule has 5 rings (SSSR count). The van der Waals surface area contributed by atoms with Crippen molar-refractivity contribution in [3.63, 3.8) is 0 Å². The van der Waals surface area contributed by atoms with Gasteiger partial charge in [0.1, 0.15) is 11.7 Å². The summed E-state index contributed by atoms with van der Waals surface area (Å²) in [4.78, 5) is 15.0. The molecule has 38 heavy (non-hydrogen) atoms. The maximum atomic E-state index is 13.6. The third-order valence-corrected chi connectivity index (χ3v) is 6.64. The van der Waals surface area contributed by atoms with Crippen molar-refractivity contribution in [3.8, 4) is 11.4 Å². The number of hydrogen-bond acceptors (Lipinski definition) is 4. The lowest BCUT2D eigenvalue weighted by atomic mass is 9.97. The van der Waals surface area contributed by atoms with Crippen LogP contribution in [0.25, 0.3) is 33.7 Å². The molecule has 1 saturated heterocycles. The van der Waals surface area contributed by atoms with Gasteiger partial charge in [-0.25, -0.2) is 14.4 Å². The average Bonchev–Trinajstić information content (AvgIpc) is 3.50. The normalized spacial score (nSPS) is 15.2. The molecule has 1 aliphatic rings. The summed E-state index contributed by atoms with van der Waals surface area (Å²) >= 11 is 0. The first kappa shape index (κ1) is 25.1. The molecule has 0 aliphatic carbocycles. The zero-order valence-corrected chi connectivity index (χ0v) is 21.5. The van der Waals surface area contributed by atoms with E-state index in [0.29, 0.717) is 5.65 Å². The number of aliphatic imine (C=N–C) groups is 1. The zero-order valence-electron chi connectivity index (χ0n) is 21.5. The Morgan fingerprint density at radius 2 is 1.95 bits per heavy atom. The van der Waals surface area contributed by atoms with E-state index in [2.05, 4.69) is 44.3 Å². The van der Waals surface area contributed by atoms with Gasteiger partial charge < -0.3 is 15.6 Å². The molecule has 0 radical (unpaired) electrons. The average molecular weight is 508 g/mol. The zero-order chi connectivity index (χ0) is 26.8. The number of allylic oxidation sites excluding steroid dienone is 3. The minimum Gasteiger partial charge on any atom is -0.357 e. The SMILES string of the molecule is C=C/C=C(/c1ccc(F)cc1)c1cc(-c2[nH]nc3ncc(/C(=C/C)N=C(C=C)N4CC(N)C4)cc23)[nH]c1C. The first-order valence-electron chi connectivity index (χ1n) is 12.4. The van der Waals surface area contributed by atoms with Crippen molar-refractivity contribution >= 4 is 28.1 Å². The van der Waals surface area contributed by atoms with Gasteiger partial charge in [-0.1, -0.05) is 43.5 Å². The second-order valence-corrected chi connectivity index (χ2v) is 9.25. The van der Waals surface area contributed by atoms with E-state index in [4.69, 9.17) is 10.7 Å². The highest BCUT2D eigenvalue weighted by atomic mass is 19.1. The Bertz CT molecular complexity index is 1600. The van der Waals surface area contributed by atoms with E-state index in [1.807, 2.05) is 32.1 Å². The summed E-state index contributed by atoms with van der Waals surface area (Å²) in [5.41, 5.74) is 13.7. The van der Waals surface area contributed by atoms with E-state index in [-0.39, 0.29) is 11.9 Å². The third-order valence-electron chi connectivity index (χ3n) is 6.64. The van der Waals surface area contributed by atoms with Crippen LogP contribution in [-0.2, 0) is 0 Å². The van der Waals surface area contributed by atoms with Crippen LogP contribution in [0.15, 0.2) is 85.0 Å². The van der Waals surface area contributed by atoms with Crippen LogP contribution in [0.3, 0.4) is 0 Å². The van der Waals surface area contributed by atoms with Crippen LogP contribution in [-0.4, -0.2) is 50.0 Å². The predicted octanol–water partition coefficient (Wildman–Crippen LogP) is 5.61. The number of nitrogens with one attached hydrogen (secondary N) is 2. The topological polar surface area (TPSA) is 99.0 Å². The molecule has 192 valence electrons. The molecule has 4 N–H and O–H groups in total. The highest BCUT2D eigenvalue weighted by Gasteiger charge is 2.25. The number of H-pyrrole nitrogens is 2. The number of aryl methyl sites for hydroxylation is 1. The van der Waals surface area contributed by atoms with E-state index in [1.165, 1.54) is 12.1 Å². The molecule has 4 aromatic rings. The summed E-state index contributed by atoms with van der Waals surface area (Å²) in [5.74, 6) is 0.517. The quantitative estimate of drug-likeness (QED) is 0.172. The van der Waals surface area contributed by atoms with Crippen molar-refractivity contribution in [2.75, 3.05) is 13.1 Å². The van der Waals surface area contributed by atoms with Crippen LogP contribution in [0.4, 0.5) is 4.39 Å². The van der Waals surface area contributed by atoms with Crippen molar-refractivity contribution in [3.05, 3.63) is 108 Å². The van der Waals surface area contributed by atoms with Crippen LogP contribution in [0.2, 0.25) is 0 Å². The molecule has 0 saturated carbocycles. The number of likely N-dealkylation sites (tertiary alicyclic amines) is 1. The Morgan fingerprint density at radius 1 is 1.18 bits per heavy atom. The van der Waals surface area contributed by atoms with E-state index in [1.54, 1.807) is 30.5 Å². The van der Waals surface area contributed by atoms with Crippen LogP contribution in [0.5, 0.6) is 0 Å². The monoisotopic (exact) mass is 507 g/mol. The molecule has 4 heterocycles. The van der Waals surface area contributed by atoms with Gasteiger partial charge in [0.25, 0.3) is 0 Å². The first-order valence-corrected chi connectivity index (χ1v) is 12.4.